The van der Waals surface area contributed by atoms with Crippen molar-refractivity contribution in [2.45, 2.75) is 44.7 Å². The molecule has 1 heterocycles. The summed E-state index contributed by atoms with van der Waals surface area (Å²) in [5.74, 6) is 0.125. The molecule has 1 amide bonds. The average molecular weight is 252 g/mol. The molecule has 1 aliphatic carbocycles. The van der Waals surface area contributed by atoms with Gasteiger partial charge >= 0.3 is 0 Å². The van der Waals surface area contributed by atoms with Crippen LogP contribution in [0.3, 0.4) is 0 Å². The zero-order valence-electron chi connectivity index (χ0n) is 10.2. The van der Waals surface area contributed by atoms with Gasteiger partial charge in [-0.3, -0.25) is 4.79 Å². The molecule has 1 saturated carbocycles. The lowest BCUT2D eigenvalue weighted by Gasteiger charge is -2.15. The molecule has 17 heavy (non-hydrogen) atoms. The molecule has 2 N–H and O–H groups in total. The summed E-state index contributed by atoms with van der Waals surface area (Å²) in [7, 11) is 0. The third-order valence-electron chi connectivity index (χ3n) is 3.26. The first-order valence-electron chi connectivity index (χ1n) is 6.32. The fraction of sp³-hybridized carbons (Fsp3) is 0.615. The van der Waals surface area contributed by atoms with Crippen molar-refractivity contribution in [3.05, 3.63) is 22.4 Å². The van der Waals surface area contributed by atoms with Crippen LogP contribution in [0.5, 0.6) is 0 Å². The number of carbonyl (C=O) groups is 1. The van der Waals surface area contributed by atoms with Crippen molar-refractivity contribution in [1.29, 1.82) is 0 Å². The summed E-state index contributed by atoms with van der Waals surface area (Å²) in [6.45, 7) is 2.50. The number of carbonyl (C=O) groups excluding carboxylic acids is 1. The van der Waals surface area contributed by atoms with E-state index in [4.69, 9.17) is 0 Å². The second-order valence-electron chi connectivity index (χ2n) is 4.67. The third kappa shape index (κ3) is 3.82. The largest absolute Gasteiger partial charge is 0.352 e. The second kappa shape index (κ2) is 6.17. The molecule has 0 bridgehead atoms. The molecule has 0 radical (unpaired) electrons. The van der Waals surface area contributed by atoms with E-state index in [0.717, 1.165) is 12.8 Å². The Morgan fingerprint density at radius 3 is 2.94 bits per heavy atom. The lowest BCUT2D eigenvalue weighted by atomic mass is 10.2. The highest BCUT2D eigenvalue weighted by molar-refractivity contribution is 7.10. The Morgan fingerprint density at radius 2 is 2.29 bits per heavy atom. The summed E-state index contributed by atoms with van der Waals surface area (Å²) < 4.78 is 0. The molecule has 1 aromatic rings. The molecule has 4 heteroatoms. The zero-order valence-corrected chi connectivity index (χ0v) is 11.1. The van der Waals surface area contributed by atoms with E-state index in [0.29, 0.717) is 12.6 Å². The third-order valence-corrected chi connectivity index (χ3v) is 4.31. The SMILES string of the molecule is C[C@H](NCC(=O)NC1CCCC1)c1cccs1. The van der Waals surface area contributed by atoms with Gasteiger partial charge in [-0.25, -0.2) is 0 Å². The maximum absolute atomic E-state index is 11.7. The zero-order chi connectivity index (χ0) is 12.1. The van der Waals surface area contributed by atoms with Gasteiger partial charge in [0.15, 0.2) is 0 Å². The highest BCUT2D eigenvalue weighted by atomic mass is 32.1. The molecular formula is C13H20N2OS. The van der Waals surface area contributed by atoms with Crippen molar-refractivity contribution in [1.82, 2.24) is 10.6 Å². The summed E-state index contributed by atoms with van der Waals surface area (Å²) in [6, 6.07) is 4.80. The van der Waals surface area contributed by atoms with Gasteiger partial charge in [-0.1, -0.05) is 18.9 Å². The fourth-order valence-electron chi connectivity index (χ4n) is 2.23. The highest BCUT2D eigenvalue weighted by Gasteiger charge is 2.17. The lowest BCUT2D eigenvalue weighted by molar-refractivity contribution is -0.121. The van der Waals surface area contributed by atoms with E-state index in [1.807, 2.05) is 6.07 Å². The van der Waals surface area contributed by atoms with Gasteiger partial charge in [0.05, 0.1) is 6.54 Å². The molecule has 0 spiro atoms. The van der Waals surface area contributed by atoms with Gasteiger partial charge < -0.3 is 10.6 Å². The van der Waals surface area contributed by atoms with Gasteiger partial charge in [-0.15, -0.1) is 11.3 Å². The Balaban J connectivity index is 1.68. The van der Waals surface area contributed by atoms with Crippen molar-refractivity contribution >= 4 is 17.2 Å². The molecule has 0 aromatic carbocycles. The maximum Gasteiger partial charge on any atom is 0.234 e. The first-order chi connectivity index (χ1) is 8.25. The first-order valence-corrected chi connectivity index (χ1v) is 7.20. The van der Waals surface area contributed by atoms with Crippen molar-refractivity contribution in [2.75, 3.05) is 6.54 Å². The van der Waals surface area contributed by atoms with E-state index in [2.05, 4.69) is 29.0 Å². The quantitative estimate of drug-likeness (QED) is 0.845. The minimum atomic E-state index is 0.125. The summed E-state index contributed by atoms with van der Waals surface area (Å²) in [6.07, 6.45) is 4.80. The molecule has 0 aliphatic heterocycles. The molecule has 0 unspecified atom stereocenters. The fourth-order valence-corrected chi connectivity index (χ4v) is 2.99. The predicted molar refractivity (Wildman–Crippen MR) is 71.1 cm³/mol. The number of hydrogen-bond acceptors (Lipinski definition) is 3. The van der Waals surface area contributed by atoms with Gasteiger partial charge in [0.25, 0.3) is 0 Å². The Bertz CT molecular complexity index is 344. The summed E-state index contributed by atoms with van der Waals surface area (Å²) in [4.78, 5) is 13.0. The van der Waals surface area contributed by atoms with E-state index in [1.54, 1.807) is 11.3 Å². The summed E-state index contributed by atoms with van der Waals surface area (Å²) in [5, 5.41) is 8.40. The minimum Gasteiger partial charge on any atom is -0.352 e. The van der Waals surface area contributed by atoms with Crippen LogP contribution in [0.1, 0.15) is 43.5 Å². The van der Waals surface area contributed by atoms with E-state index >= 15 is 0 Å². The van der Waals surface area contributed by atoms with E-state index in [-0.39, 0.29) is 11.9 Å². The van der Waals surface area contributed by atoms with Crippen LogP contribution in [0.2, 0.25) is 0 Å². The topological polar surface area (TPSA) is 41.1 Å². The van der Waals surface area contributed by atoms with Gasteiger partial charge in [-0.2, -0.15) is 0 Å². The molecule has 1 aromatic heterocycles. The van der Waals surface area contributed by atoms with E-state index < -0.39 is 0 Å². The van der Waals surface area contributed by atoms with Crippen molar-refractivity contribution < 1.29 is 4.79 Å². The highest BCUT2D eigenvalue weighted by Crippen LogP contribution is 2.18. The smallest absolute Gasteiger partial charge is 0.234 e. The summed E-state index contributed by atoms with van der Waals surface area (Å²) in [5.41, 5.74) is 0. The summed E-state index contributed by atoms with van der Waals surface area (Å²) >= 11 is 1.72. The molecule has 0 saturated heterocycles. The van der Waals surface area contributed by atoms with Gasteiger partial charge in [0.2, 0.25) is 5.91 Å². The molecule has 1 fully saturated rings. The standard InChI is InChI=1S/C13H20N2OS/c1-10(12-7-4-8-17-12)14-9-13(16)15-11-5-2-3-6-11/h4,7-8,10-11,14H,2-3,5-6,9H2,1H3,(H,15,16)/t10-/m0/s1. The normalized spacial score (nSPS) is 18.2. The van der Waals surface area contributed by atoms with Crippen molar-refractivity contribution in [3.8, 4) is 0 Å². The van der Waals surface area contributed by atoms with Crippen LogP contribution in [0.4, 0.5) is 0 Å². The van der Waals surface area contributed by atoms with Crippen LogP contribution < -0.4 is 10.6 Å². The van der Waals surface area contributed by atoms with Crippen LogP contribution >= 0.6 is 11.3 Å². The first kappa shape index (κ1) is 12.6. The number of hydrogen-bond donors (Lipinski definition) is 2. The molecule has 2 rings (SSSR count). The Morgan fingerprint density at radius 1 is 1.53 bits per heavy atom. The number of amides is 1. The Hall–Kier alpha value is -0.870. The Kier molecular flexibility index (Phi) is 4.57. The number of rotatable bonds is 5. The van der Waals surface area contributed by atoms with E-state index in [9.17, 15) is 4.79 Å². The Labute approximate surface area is 107 Å². The molecule has 1 aliphatic rings. The van der Waals surface area contributed by atoms with E-state index in [1.165, 1.54) is 17.7 Å². The molecule has 3 nitrogen and oxygen atoms in total. The van der Waals surface area contributed by atoms with Gasteiger partial charge in [-0.05, 0) is 31.2 Å². The van der Waals surface area contributed by atoms with Crippen LogP contribution in [0.25, 0.3) is 0 Å². The molecule has 94 valence electrons. The van der Waals surface area contributed by atoms with Crippen LogP contribution in [-0.2, 0) is 4.79 Å². The van der Waals surface area contributed by atoms with Crippen molar-refractivity contribution in [3.63, 3.8) is 0 Å². The van der Waals surface area contributed by atoms with Gasteiger partial charge in [0, 0.05) is 17.0 Å². The van der Waals surface area contributed by atoms with Crippen LogP contribution in [0, 0.1) is 0 Å². The van der Waals surface area contributed by atoms with Gasteiger partial charge in [0.1, 0.15) is 0 Å². The van der Waals surface area contributed by atoms with Crippen LogP contribution in [-0.4, -0.2) is 18.5 Å². The van der Waals surface area contributed by atoms with Crippen LogP contribution in [0.15, 0.2) is 17.5 Å². The lowest BCUT2D eigenvalue weighted by Crippen LogP contribution is -2.39. The average Bonchev–Trinajstić information content (AvgIpc) is 2.97. The maximum atomic E-state index is 11.7. The van der Waals surface area contributed by atoms with Crippen molar-refractivity contribution in [2.24, 2.45) is 0 Å². The monoisotopic (exact) mass is 252 g/mol. The number of thiophene rings is 1. The molecule has 1 atom stereocenters. The minimum absolute atomic E-state index is 0.125. The molecular weight excluding hydrogens is 232 g/mol. The number of nitrogens with one attached hydrogen (secondary N) is 2. The second-order valence-corrected chi connectivity index (χ2v) is 5.65. The predicted octanol–water partition coefficient (Wildman–Crippen LogP) is 2.46.